The van der Waals surface area contributed by atoms with E-state index in [4.69, 9.17) is 5.26 Å². The summed E-state index contributed by atoms with van der Waals surface area (Å²) < 4.78 is 0. The number of hydrogen-bond donors (Lipinski definition) is 0. The van der Waals surface area contributed by atoms with Gasteiger partial charge in [0.1, 0.15) is 11.5 Å². The summed E-state index contributed by atoms with van der Waals surface area (Å²) >= 11 is 0. The molecule has 20 heavy (non-hydrogen) atoms. The number of nitro groups is 1. The maximum absolute atomic E-state index is 10.8. The van der Waals surface area contributed by atoms with Crippen LogP contribution in [-0.4, -0.2) is 17.0 Å². The van der Waals surface area contributed by atoms with E-state index < -0.39 is 4.92 Å². The lowest BCUT2D eigenvalue weighted by Crippen LogP contribution is -2.12. The smallest absolute Gasteiger partial charge is 0.290 e. The third-order valence-electron chi connectivity index (χ3n) is 2.95. The van der Waals surface area contributed by atoms with Crippen LogP contribution in [0, 0.1) is 28.4 Å². The Hall–Kier alpha value is -2.94. The monoisotopic (exact) mass is 268 g/mol. The minimum absolute atomic E-state index is 0.00655. The number of nitriles is 1. The van der Waals surface area contributed by atoms with Crippen LogP contribution in [0.15, 0.2) is 36.4 Å². The minimum Gasteiger partial charge on any atom is -0.329 e. The lowest BCUT2D eigenvalue weighted by Gasteiger charge is -2.18. The predicted octanol–water partition coefficient (Wildman–Crippen LogP) is 2.94. The van der Waals surface area contributed by atoms with Gasteiger partial charge >= 0.3 is 0 Å². The Balaban J connectivity index is 2.38. The van der Waals surface area contributed by atoms with E-state index in [0.29, 0.717) is 17.1 Å². The first-order valence-electron chi connectivity index (χ1n) is 5.89. The molecule has 0 atom stereocenters. The number of hydrogen-bond acceptors (Lipinski definition) is 5. The molecule has 0 unspecified atom stereocenters. The van der Waals surface area contributed by atoms with E-state index in [0.717, 1.165) is 5.69 Å². The summed E-state index contributed by atoms with van der Waals surface area (Å²) in [5.41, 5.74) is 1.70. The highest BCUT2D eigenvalue weighted by atomic mass is 16.6. The summed E-state index contributed by atoms with van der Waals surface area (Å²) in [5.74, 6) is 0.586. The molecule has 0 radical (unpaired) electrons. The molecule has 0 N–H and O–H groups in total. The number of benzene rings is 1. The van der Waals surface area contributed by atoms with E-state index in [2.05, 4.69) is 11.1 Å². The zero-order valence-corrected chi connectivity index (χ0v) is 11.1. The number of aromatic nitrogens is 1. The van der Waals surface area contributed by atoms with Crippen molar-refractivity contribution in [3.05, 3.63) is 57.8 Å². The highest BCUT2D eigenvalue weighted by Gasteiger charge is 2.14. The first-order valence-corrected chi connectivity index (χ1v) is 5.89. The molecule has 6 heteroatoms. The minimum atomic E-state index is -0.456. The maximum Gasteiger partial charge on any atom is 0.290 e. The van der Waals surface area contributed by atoms with Gasteiger partial charge in [-0.25, -0.2) is 4.98 Å². The first-order chi connectivity index (χ1) is 9.52. The number of pyridine rings is 1. The largest absolute Gasteiger partial charge is 0.329 e. The number of anilines is 2. The Bertz CT molecular complexity index is 707. The molecular formula is C14H12N4O2. The highest BCUT2D eigenvalue weighted by molar-refractivity contribution is 5.62. The van der Waals surface area contributed by atoms with Crippen molar-refractivity contribution in [2.24, 2.45) is 0 Å². The average Bonchev–Trinajstić information content (AvgIpc) is 2.46. The van der Waals surface area contributed by atoms with Gasteiger partial charge in [-0.15, -0.1) is 0 Å². The molecule has 0 spiro atoms. The van der Waals surface area contributed by atoms with Crippen LogP contribution in [0.2, 0.25) is 0 Å². The number of aryl methyl sites for hydroxylation is 1. The second-order valence-electron chi connectivity index (χ2n) is 4.25. The maximum atomic E-state index is 10.8. The molecular weight excluding hydrogens is 256 g/mol. The molecule has 0 saturated carbocycles. The summed E-state index contributed by atoms with van der Waals surface area (Å²) in [7, 11) is 1.80. The SMILES string of the molecule is Cc1nc(N(C)c2cccc(C#N)c2)ccc1[N+](=O)[O-]. The number of nitrogens with zero attached hydrogens (tertiary/aromatic N) is 4. The van der Waals surface area contributed by atoms with Crippen LogP contribution in [0.4, 0.5) is 17.2 Å². The molecule has 0 aliphatic heterocycles. The molecule has 1 aromatic carbocycles. The summed E-state index contributed by atoms with van der Waals surface area (Å²) in [6.45, 7) is 1.60. The van der Waals surface area contributed by atoms with Gasteiger partial charge in [0, 0.05) is 18.8 Å². The van der Waals surface area contributed by atoms with Gasteiger partial charge in [0.25, 0.3) is 5.69 Å². The second-order valence-corrected chi connectivity index (χ2v) is 4.25. The van der Waals surface area contributed by atoms with Gasteiger partial charge in [-0.3, -0.25) is 10.1 Å². The molecule has 0 aliphatic carbocycles. The van der Waals surface area contributed by atoms with Crippen molar-refractivity contribution in [1.82, 2.24) is 4.98 Å². The molecule has 1 heterocycles. The number of rotatable bonds is 3. The Kier molecular flexibility index (Phi) is 3.62. The van der Waals surface area contributed by atoms with Crippen molar-refractivity contribution < 1.29 is 4.92 Å². The Morgan fingerprint density at radius 2 is 2.10 bits per heavy atom. The van der Waals surface area contributed by atoms with Gasteiger partial charge in [0.15, 0.2) is 0 Å². The third kappa shape index (κ3) is 2.57. The topological polar surface area (TPSA) is 83.1 Å². The van der Waals surface area contributed by atoms with E-state index in [1.807, 2.05) is 6.07 Å². The van der Waals surface area contributed by atoms with Crippen LogP contribution in [0.25, 0.3) is 0 Å². The van der Waals surface area contributed by atoms with Gasteiger partial charge in [0.2, 0.25) is 0 Å². The Morgan fingerprint density at radius 3 is 2.70 bits per heavy atom. The lowest BCUT2D eigenvalue weighted by molar-refractivity contribution is -0.385. The summed E-state index contributed by atoms with van der Waals surface area (Å²) in [4.78, 5) is 16.3. The van der Waals surface area contributed by atoms with E-state index in [9.17, 15) is 10.1 Å². The molecule has 2 aromatic rings. The van der Waals surface area contributed by atoms with Crippen molar-refractivity contribution >= 4 is 17.2 Å². The van der Waals surface area contributed by atoms with Crippen LogP contribution in [0.1, 0.15) is 11.3 Å². The highest BCUT2D eigenvalue weighted by Crippen LogP contribution is 2.25. The fraction of sp³-hybridized carbons (Fsp3) is 0.143. The quantitative estimate of drug-likeness (QED) is 0.631. The van der Waals surface area contributed by atoms with Crippen molar-refractivity contribution in [1.29, 1.82) is 5.26 Å². The van der Waals surface area contributed by atoms with Gasteiger partial charge < -0.3 is 4.90 Å². The molecule has 0 aliphatic rings. The van der Waals surface area contributed by atoms with Crippen molar-refractivity contribution in [2.75, 3.05) is 11.9 Å². The van der Waals surface area contributed by atoms with Crippen LogP contribution in [0.3, 0.4) is 0 Å². The normalized spacial score (nSPS) is 9.85. The van der Waals surface area contributed by atoms with E-state index in [1.165, 1.54) is 6.07 Å². The van der Waals surface area contributed by atoms with Crippen molar-refractivity contribution in [3.63, 3.8) is 0 Å². The summed E-state index contributed by atoms with van der Waals surface area (Å²) in [6.07, 6.45) is 0. The fourth-order valence-corrected chi connectivity index (χ4v) is 1.84. The van der Waals surface area contributed by atoms with Gasteiger partial charge in [-0.2, -0.15) is 5.26 Å². The van der Waals surface area contributed by atoms with Crippen LogP contribution < -0.4 is 4.90 Å². The molecule has 0 bridgehead atoms. The van der Waals surface area contributed by atoms with Gasteiger partial charge in [-0.05, 0) is 31.2 Å². The van der Waals surface area contributed by atoms with Crippen molar-refractivity contribution in [3.8, 4) is 6.07 Å². The molecule has 100 valence electrons. The molecule has 6 nitrogen and oxygen atoms in total. The average molecular weight is 268 g/mol. The molecule has 0 fully saturated rings. The molecule has 2 rings (SSSR count). The third-order valence-corrected chi connectivity index (χ3v) is 2.95. The standard InChI is InChI=1S/C14H12N4O2/c1-10-13(18(19)20)6-7-14(16-10)17(2)12-5-3-4-11(8-12)9-15/h3-8H,1-2H3. The Labute approximate surface area is 116 Å². The van der Waals surface area contributed by atoms with Gasteiger partial charge in [0.05, 0.1) is 16.6 Å². The van der Waals surface area contributed by atoms with Crippen LogP contribution in [0.5, 0.6) is 0 Å². The molecule has 1 aromatic heterocycles. The zero-order chi connectivity index (χ0) is 14.7. The summed E-state index contributed by atoms with van der Waals surface area (Å²) in [6, 6.07) is 12.2. The van der Waals surface area contributed by atoms with Crippen LogP contribution in [-0.2, 0) is 0 Å². The summed E-state index contributed by atoms with van der Waals surface area (Å²) in [5, 5.41) is 19.7. The van der Waals surface area contributed by atoms with Crippen molar-refractivity contribution in [2.45, 2.75) is 6.92 Å². The molecule has 0 amide bonds. The fourth-order valence-electron chi connectivity index (χ4n) is 1.84. The van der Waals surface area contributed by atoms with E-state index >= 15 is 0 Å². The predicted molar refractivity (Wildman–Crippen MR) is 74.8 cm³/mol. The van der Waals surface area contributed by atoms with Crippen LogP contribution >= 0.6 is 0 Å². The second kappa shape index (κ2) is 5.36. The lowest BCUT2D eigenvalue weighted by atomic mass is 10.2. The first kappa shape index (κ1) is 13.5. The Morgan fingerprint density at radius 1 is 1.35 bits per heavy atom. The molecule has 0 saturated heterocycles. The van der Waals surface area contributed by atoms with Gasteiger partial charge in [-0.1, -0.05) is 6.07 Å². The van der Waals surface area contributed by atoms with E-state index in [-0.39, 0.29) is 5.69 Å². The zero-order valence-electron chi connectivity index (χ0n) is 11.1. The van der Waals surface area contributed by atoms with E-state index in [1.54, 1.807) is 43.1 Å².